The van der Waals surface area contributed by atoms with Crippen LogP contribution in [0, 0.1) is 0 Å². The van der Waals surface area contributed by atoms with Gasteiger partial charge >= 0.3 is 18.4 Å². The van der Waals surface area contributed by atoms with Gasteiger partial charge in [-0.2, -0.15) is 18.3 Å². The molecule has 0 spiro atoms. The minimum absolute atomic E-state index is 0.152. The fourth-order valence-corrected chi connectivity index (χ4v) is 2.57. The van der Waals surface area contributed by atoms with Gasteiger partial charge in [0.1, 0.15) is 11.3 Å². The van der Waals surface area contributed by atoms with Crippen LogP contribution in [0.5, 0.6) is 11.5 Å². The molecule has 0 unspecified atom stereocenters. The third-order valence-corrected chi connectivity index (χ3v) is 3.48. The molecule has 0 aliphatic carbocycles. The van der Waals surface area contributed by atoms with E-state index >= 15 is 0 Å². The topological polar surface area (TPSA) is 62.6 Å². The van der Waals surface area contributed by atoms with Crippen molar-refractivity contribution < 1.29 is 41.0 Å². The summed E-state index contributed by atoms with van der Waals surface area (Å²) in [6, 6.07) is 3.43. The van der Waals surface area contributed by atoms with Crippen LogP contribution in [0.3, 0.4) is 0 Å². The lowest BCUT2D eigenvalue weighted by molar-refractivity contribution is -0.286. The molecule has 2 heterocycles. The van der Waals surface area contributed by atoms with Gasteiger partial charge in [-0.05, 0) is 19.1 Å². The first-order valence-electron chi connectivity index (χ1n) is 7.25. The van der Waals surface area contributed by atoms with Crippen LogP contribution in [-0.2, 0) is 18.0 Å². The van der Waals surface area contributed by atoms with Gasteiger partial charge < -0.3 is 14.2 Å². The number of halogens is 5. The molecule has 2 aromatic rings. The van der Waals surface area contributed by atoms with Gasteiger partial charge in [0.15, 0.2) is 17.2 Å². The van der Waals surface area contributed by atoms with Gasteiger partial charge in [-0.25, -0.2) is 4.79 Å². The summed E-state index contributed by atoms with van der Waals surface area (Å²) in [6.45, 7) is 1.28. The van der Waals surface area contributed by atoms with Crippen LogP contribution in [0.2, 0.25) is 0 Å². The molecule has 0 saturated carbocycles. The number of ether oxygens (including phenoxy) is 3. The Morgan fingerprint density at radius 3 is 2.62 bits per heavy atom. The number of alkyl halides is 5. The first-order chi connectivity index (χ1) is 12.0. The first kappa shape index (κ1) is 18.0. The standard InChI is InChI=1S/C15H11F5N2O4/c1-3-24-13(23)11-9(14(16,17)18)10(21-22(11)2)7-5-4-6-8-12(7)26-15(19,20)25-8/h4-6H,3H2,1-2H3. The number of aryl methyl sites for hydroxylation is 1. The first-order valence-corrected chi connectivity index (χ1v) is 7.25. The zero-order chi connectivity index (χ0) is 19.3. The average Bonchev–Trinajstić information content (AvgIpc) is 3.01. The molecule has 1 aliphatic rings. The van der Waals surface area contributed by atoms with Gasteiger partial charge in [-0.15, -0.1) is 8.78 Å². The molecule has 11 heteroatoms. The highest BCUT2D eigenvalue weighted by Crippen LogP contribution is 2.49. The number of para-hydroxylation sites is 1. The summed E-state index contributed by atoms with van der Waals surface area (Å²) >= 11 is 0. The number of aromatic nitrogens is 2. The number of hydrogen-bond donors (Lipinski definition) is 0. The number of carbonyl (C=O) groups excluding carboxylic acids is 1. The highest BCUT2D eigenvalue weighted by molar-refractivity contribution is 5.92. The number of fused-ring (bicyclic) bond motifs is 1. The Hall–Kier alpha value is -2.85. The molecule has 3 rings (SSSR count). The lowest BCUT2D eigenvalue weighted by Crippen LogP contribution is -2.26. The summed E-state index contributed by atoms with van der Waals surface area (Å²) < 4.78 is 81.4. The van der Waals surface area contributed by atoms with Crippen molar-refractivity contribution in [2.24, 2.45) is 7.05 Å². The number of rotatable bonds is 3. The van der Waals surface area contributed by atoms with E-state index < -0.39 is 52.5 Å². The Morgan fingerprint density at radius 2 is 2.00 bits per heavy atom. The Kier molecular flexibility index (Phi) is 4.04. The molecule has 0 fully saturated rings. The third kappa shape index (κ3) is 2.93. The molecule has 140 valence electrons. The van der Waals surface area contributed by atoms with Crippen LogP contribution in [0.15, 0.2) is 18.2 Å². The predicted octanol–water partition coefficient (Wildman–Crippen LogP) is 3.60. The van der Waals surface area contributed by atoms with Crippen molar-refractivity contribution in [1.29, 1.82) is 0 Å². The molecule has 6 nitrogen and oxygen atoms in total. The Bertz CT molecular complexity index is 876. The zero-order valence-electron chi connectivity index (χ0n) is 13.4. The van der Waals surface area contributed by atoms with Crippen molar-refractivity contribution >= 4 is 5.97 Å². The molecule has 0 radical (unpaired) electrons. The van der Waals surface area contributed by atoms with E-state index in [-0.39, 0.29) is 6.61 Å². The van der Waals surface area contributed by atoms with Crippen molar-refractivity contribution in [3.8, 4) is 22.8 Å². The Labute approximate surface area is 143 Å². The van der Waals surface area contributed by atoms with Crippen LogP contribution in [0.1, 0.15) is 23.0 Å². The molecule has 1 aromatic heterocycles. The van der Waals surface area contributed by atoms with E-state index in [4.69, 9.17) is 0 Å². The van der Waals surface area contributed by atoms with Crippen molar-refractivity contribution in [1.82, 2.24) is 9.78 Å². The molecular weight excluding hydrogens is 367 g/mol. The summed E-state index contributed by atoms with van der Waals surface area (Å²) in [7, 11) is 1.11. The van der Waals surface area contributed by atoms with Gasteiger partial charge in [0, 0.05) is 12.6 Å². The van der Waals surface area contributed by atoms with Gasteiger partial charge in [0.25, 0.3) is 0 Å². The van der Waals surface area contributed by atoms with E-state index in [2.05, 4.69) is 19.3 Å². The maximum Gasteiger partial charge on any atom is 0.586 e. The van der Waals surface area contributed by atoms with Crippen molar-refractivity contribution in [3.05, 3.63) is 29.5 Å². The minimum Gasteiger partial charge on any atom is -0.461 e. The number of carbonyl (C=O) groups is 1. The van der Waals surface area contributed by atoms with E-state index in [1.54, 1.807) is 0 Å². The molecular formula is C15H11F5N2O4. The molecule has 1 aromatic carbocycles. The van der Waals surface area contributed by atoms with E-state index in [9.17, 15) is 26.7 Å². The van der Waals surface area contributed by atoms with Crippen LogP contribution in [0.4, 0.5) is 22.0 Å². The molecule has 26 heavy (non-hydrogen) atoms. The van der Waals surface area contributed by atoms with Crippen LogP contribution in [-0.4, -0.2) is 28.7 Å². The molecule has 1 aliphatic heterocycles. The molecule has 0 atom stereocenters. The largest absolute Gasteiger partial charge is 0.586 e. The second kappa shape index (κ2) is 5.85. The number of hydrogen-bond acceptors (Lipinski definition) is 5. The Balaban J connectivity index is 2.24. The summed E-state index contributed by atoms with van der Waals surface area (Å²) in [5, 5.41) is 3.69. The molecule has 0 N–H and O–H groups in total. The number of esters is 1. The third-order valence-electron chi connectivity index (χ3n) is 3.48. The van der Waals surface area contributed by atoms with E-state index in [1.807, 2.05) is 0 Å². The van der Waals surface area contributed by atoms with E-state index in [0.717, 1.165) is 19.2 Å². The second-order valence-corrected chi connectivity index (χ2v) is 5.21. The van der Waals surface area contributed by atoms with Gasteiger partial charge in [-0.1, -0.05) is 6.07 Å². The van der Waals surface area contributed by atoms with Crippen LogP contribution < -0.4 is 9.47 Å². The molecule has 0 saturated heterocycles. The van der Waals surface area contributed by atoms with E-state index in [0.29, 0.717) is 4.68 Å². The lowest BCUT2D eigenvalue weighted by atomic mass is 10.0. The average molecular weight is 378 g/mol. The van der Waals surface area contributed by atoms with Gasteiger partial charge in [0.2, 0.25) is 0 Å². The van der Waals surface area contributed by atoms with E-state index in [1.165, 1.54) is 13.0 Å². The highest BCUT2D eigenvalue weighted by atomic mass is 19.4. The second-order valence-electron chi connectivity index (χ2n) is 5.21. The minimum atomic E-state index is -5.00. The molecule has 0 bridgehead atoms. The van der Waals surface area contributed by atoms with Gasteiger partial charge in [0.05, 0.1) is 6.61 Å². The summed E-state index contributed by atoms with van der Waals surface area (Å²) in [5.41, 5.74) is -3.40. The fourth-order valence-electron chi connectivity index (χ4n) is 2.57. The summed E-state index contributed by atoms with van der Waals surface area (Å²) in [6.07, 6.45) is -9.02. The Morgan fingerprint density at radius 1 is 1.31 bits per heavy atom. The van der Waals surface area contributed by atoms with Crippen molar-refractivity contribution in [2.45, 2.75) is 19.4 Å². The highest BCUT2D eigenvalue weighted by Gasteiger charge is 2.47. The smallest absolute Gasteiger partial charge is 0.461 e. The fraction of sp³-hybridized carbons (Fsp3) is 0.333. The predicted molar refractivity (Wildman–Crippen MR) is 75.8 cm³/mol. The zero-order valence-corrected chi connectivity index (χ0v) is 13.4. The molecule has 0 amide bonds. The quantitative estimate of drug-likeness (QED) is 0.603. The van der Waals surface area contributed by atoms with Gasteiger partial charge in [-0.3, -0.25) is 4.68 Å². The summed E-state index contributed by atoms with van der Waals surface area (Å²) in [4.78, 5) is 12.0. The van der Waals surface area contributed by atoms with Crippen molar-refractivity contribution in [2.75, 3.05) is 6.61 Å². The SMILES string of the molecule is CCOC(=O)c1c(C(F)(F)F)c(-c2cccc3c2OC(F)(F)O3)nn1C. The van der Waals surface area contributed by atoms with Crippen LogP contribution >= 0.6 is 0 Å². The normalized spacial score (nSPS) is 15.2. The monoisotopic (exact) mass is 378 g/mol. The number of benzene rings is 1. The summed E-state index contributed by atoms with van der Waals surface area (Å²) in [5.74, 6) is -2.28. The lowest BCUT2D eigenvalue weighted by Gasteiger charge is -2.11. The maximum atomic E-state index is 13.6. The van der Waals surface area contributed by atoms with Crippen molar-refractivity contribution in [3.63, 3.8) is 0 Å². The maximum absolute atomic E-state index is 13.6. The number of nitrogens with zero attached hydrogens (tertiary/aromatic N) is 2. The van der Waals surface area contributed by atoms with Crippen LogP contribution in [0.25, 0.3) is 11.3 Å².